The molecule has 0 aliphatic carbocycles. The molecule has 0 bridgehead atoms. The van der Waals surface area contributed by atoms with Crippen LogP contribution in [0.5, 0.6) is 0 Å². The van der Waals surface area contributed by atoms with Crippen molar-refractivity contribution in [2.75, 3.05) is 6.54 Å². The Morgan fingerprint density at radius 3 is 2.37 bits per heavy atom. The van der Waals surface area contributed by atoms with Gasteiger partial charge in [-0.15, -0.1) is 0 Å². The molecule has 0 fully saturated rings. The van der Waals surface area contributed by atoms with Crippen LogP contribution in [0.3, 0.4) is 0 Å². The summed E-state index contributed by atoms with van der Waals surface area (Å²) >= 11 is 0. The highest BCUT2D eigenvalue weighted by Gasteiger charge is 2.22. The zero-order chi connectivity index (χ0) is 19.4. The molecule has 0 unspecified atom stereocenters. The lowest BCUT2D eigenvalue weighted by molar-refractivity contribution is -0.131. The van der Waals surface area contributed by atoms with Crippen molar-refractivity contribution in [3.8, 4) is 0 Å². The van der Waals surface area contributed by atoms with Gasteiger partial charge in [0.1, 0.15) is 5.69 Å². The number of benzene rings is 1. The molecule has 2 amide bonds. The van der Waals surface area contributed by atoms with E-state index >= 15 is 0 Å². The molecular formula is C20H21N3O4. The number of amides is 2. The van der Waals surface area contributed by atoms with Crippen molar-refractivity contribution >= 4 is 17.8 Å². The lowest BCUT2D eigenvalue weighted by Gasteiger charge is -2.15. The average molecular weight is 367 g/mol. The highest BCUT2D eigenvalue weighted by molar-refractivity contribution is 5.94. The molecule has 27 heavy (non-hydrogen) atoms. The minimum atomic E-state index is -1.07. The maximum Gasteiger partial charge on any atom is 0.337 e. The van der Waals surface area contributed by atoms with E-state index < -0.39 is 5.97 Å². The number of carbonyl (C=O) groups is 3. The van der Waals surface area contributed by atoms with E-state index in [2.05, 4.69) is 10.3 Å². The lowest BCUT2D eigenvalue weighted by atomic mass is 10.1. The fraction of sp³-hybridized carbons (Fsp3) is 0.300. The maximum absolute atomic E-state index is 12.3. The SMILES string of the molecule is Cc1nc(C(=O)NCCCC(=O)N2Cc3ccccc3C2)ccc1C(=O)O. The van der Waals surface area contributed by atoms with Crippen LogP contribution in [0.2, 0.25) is 0 Å². The van der Waals surface area contributed by atoms with E-state index in [0.717, 1.165) is 0 Å². The van der Waals surface area contributed by atoms with Crippen LogP contribution in [-0.2, 0) is 17.9 Å². The summed E-state index contributed by atoms with van der Waals surface area (Å²) in [6, 6.07) is 10.8. The molecule has 1 aromatic heterocycles. The Labute approximate surface area is 157 Å². The van der Waals surface area contributed by atoms with Gasteiger partial charge in [0.2, 0.25) is 5.91 Å². The molecule has 0 radical (unpaired) electrons. The molecule has 1 aliphatic rings. The van der Waals surface area contributed by atoms with Gasteiger partial charge in [0.05, 0.1) is 11.3 Å². The van der Waals surface area contributed by atoms with Crippen LogP contribution in [0.4, 0.5) is 0 Å². The molecule has 7 nitrogen and oxygen atoms in total. The van der Waals surface area contributed by atoms with Gasteiger partial charge < -0.3 is 15.3 Å². The molecule has 2 N–H and O–H groups in total. The van der Waals surface area contributed by atoms with E-state index in [1.807, 2.05) is 29.2 Å². The Bertz CT molecular complexity index is 870. The van der Waals surface area contributed by atoms with Gasteiger partial charge in [-0.05, 0) is 36.6 Å². The van der Waals surface area contributed by atoms with Crippen LogP contribution in [0.1, 0.15) is 50.5 Å². The second-order valence-electron chi connectivity index (χ2n) is 6.51. The summed E-state index contributed by atoms with van der Waals surface area (Å²) < 4.78 is 0. The van der Waals surface area contributed by atoms with Crippen molar-refractivity contribution in [1.82, 2.24) is 15.2 Å². The lowest BCUT2D eigenvalue weighted by Crippen LogP contribution is -2.29. The molecule has 2 heterocycles. The number of carbonyl (C=O) groups excluding carboxylic acids is 2. The van der Waals surface area contributed by atoms with E-state index in [9.17, 15) is 14.4 Å². The summed E-state index contributed by atoms with van der Waals surface area (Å²) in [5, 5.41) is 11.7. The summed E-state index contributed by atoms with van der Waals surface area (Å²) in [5.41, 5.74) is 2.90. The zero-order valence-corrected chi connectivity index (χ0v) is 15.1. The molecule has 3 rings (SSSR count). The van der Waals surface area contributed by atoms with Crippen LogP contribution in [0.25, 0.3) is 0 Å². The molecule has 1 aromatic carbocycles. The van der Waals surface area contributed by atoms with E-state index in [0.29, 0.717) is 38.2 Å². The number of carboxylic acids is 1. The van der Waals surface area contributed by atoms with Crippen molar-refractivity contribution in [3.63, 3.8) is 0 Å². The summed E-state index contributed by atoms with van der Waals surface area (Å²) in [5.74, 6) is -1.38. The Hall–Kier alpha value is -3.22. The first-order chi connectivity index (χ1) is 13.0. The molecule has 0 saturated carbocycles. The summed E-state index contributed by atoms with van der Waals surface area (Å²) in [6.45, 7) is 3.18. The number of aromatic nitrogens is 1. The molecular weight excluding hydrogens is 346 g/mol. The van der Waals surface area contributed by atoms with Gasteiger partial charge in [0.25, 0.3) is 5.91 Å². The normalized spacial score (nSPS) is 12.6. The topological polar surface area (TPSA) is 99.6 Å². The van der Waals surface area contributed by atoms with E-state index in [1.165, 1.54) is 23.3 Å². The van der Waals surface area contributed by atoms with Crippen LogP contribution in [-0.4, -0.2) is 39.3 Å². The van der Waals surface area contributed by atoms with Gasteiger partial charge in [0, 0.05) is 26.1 Å². The van der Waals surface area contributed by atoms with Crippen molar-refractivity contribution in [1.29, 1.82) is 0 Å². The van der Waals surface area contributed by atoms with Gasteiger partial charge >= 0.3 is 5.97 Å². The Balaban J connectivity index is 1.44. The highest BCUT2D eigenvalue weighted by Crippen LogP contribution is 2.22. The first-order valence-electron chi connectivity index (χ1n) is 8.79. The third kappa shape index (κ3) is 4.31. The van der Waals surface area contributed by atoms with Gasteiger partial charge in [-0.1, -0.05) is 24.3 Å². The number of hydrogen-bond donors (Lipinski definition) is 2. The Morgan fingerprint density at radius 2 is 1.78 bits per heavy atom. The zero-order valence-electron chi connectivity index (χ0n) is 15.1. The number of nitrogens with zero attached hydrogens (tertiary/aromatic N) is 2. The van der Waals surface area contributed by atoms with E-state index in [4.69, 9.17) is 5.11 Å². The fourth-order valence-electron chi connectivity index (χ4n) is 3.11. The molecule has 0 saturated heterocycles. The van der Waals surface area contributed by atoms with Gasteiger partial charge in [0.15, 0.2) is 0 Å². The number of aromatic carboxylic acids is 1. The Morgan fingerprint density at radius 1 is 1.11 bits per heavy atom. The Kier molecular flexibility index (Phi) is 5.49. The minimum absolute atomic E-state index is 0.0697. The highest BCUT2D eigenvalue weighted by atomic mass is 16.4. The standard InChI is InChI=1S/C20H21N3O4/c1-13-16(20(26)27)8-9-17(22-13)19(25)21-10-4-7-18(24)23-11-14-5-2-3-6-15(14)12-23/h2-3,5-6,8-9H,4,7,10-12H2,1H3,(H,21,25)(H,26,27). The second kappa shape index (κ2) is 7.99. The largest absolute Gasteiger partial charge is 0.478 e. The van der Waals surface area contributed by atoms with Gasteiger partial charge in [-0.3, -0.25) is 9.59 Å². The van der Waals surface area contributed by atoms with Crippen LogP contribution < -0.4 is 5.32 Å². The van der Waals surface area contributed by atoms with E-state index in [1.54, 1.807) is 6.92 Å². The average Bonchev–Trinajstić information content (AvgIpc) is 3.08. The van der Waals surface area contributed by atoms with Crippen molar-refractivity contribution in [3.05, 3.63) is 64.5 Å². The first-order valence-corrected chi connectivity index (χ1v) is 8.79. The molecule has 2 aromatic rings. The van der Waals surface area contributed by atoms with E-state index in [-0.39, 0.29) is 23.1 Å². The number of carboxylic acid groups (broad SMARTS) is 1. The molecule has 7 heteroatoms. The van der Waals surface area contributed by atoms with Crippen molar-refractivity contribution in [2.45, 2.75) is 32.9 Å². The third-order valence-corrected chi connectivity index (χ3v) is 4.60. The number of nitrogens with one attached hydrogen (secondary N) is 1. The van der Waals surface area contributed by atoms with Crippen LogP contribution in [0, 0.1) is 6.92 Å². The monoisotopic (exact) mass is 367 g/mol. The smallest absolute Gasteiger partial charge is 0.337 e. The molecule has 140 valence electrons. The van der Waals surface area contributed by atoms with Crippen LogP contribution in [0.15, 0.2) is 36.4 Å². The summed E-state index contributed by atoms with van der Waals surface area (Å²) in [6.07, 6.45) is 0.891. The maximum atomic E-state index is 12.3. The van der Waals surface area contributed by atoms with Crippen LogP contribution >= 0.6 is 0 Å². The number of hydrogen-bond acceptors (Lipinski definition) is 4. The summed E-state index contributed by atoms with van der Waals surface area (Å²) in [4.78, 5) is 41.3. The number of rotatable bonds is 6. The predicted octanol–water partition coefficient (Wildman–Crippen LogP) is 2.14. The quantitative estimate of drug-likeness (QED) is 0.762. The third-order valence-electron chi connectivity index (χ3n) is 4.60. The van der Waals surface area contributed by atoms with Gasteiger partial charge in [-0.25, -0.2) is 9.78 Å². The number of fused-ring (bicyclic) bond motifs is 1. The minimum Gasteiger partial charge on any atom is -0.478 e. The van der Waals surface area contributed by atoms with Crippen molar-refractivity contribution < 1.29 is 19.5 Å². The van der Waals surface area contributed by atoms with Crippen molar-refractivity contribution in [2.24, 2.45) is 0 Å². The number of pyridine rings is 1. The fourth-order valence-corrected chi connectivity index (χ4v) is 3.11. The first kappa shape index (κ1) is 18.6. The molecule has 0 spiro atoms. The predicted molar refractivity (Wildman–Crippen MR) is 98.2 cm³/mol. The molecule has 0 atom stereocenters. The second-order valence-corrected chi connectivity index (χ2v) is 6.51. The number of aryl methyl sites for hydroxylation is 1. The van der Waals surface area contributed by atoms with Gasteiger partial charge in [-0.2, -0.15) is 0 Å². The molecule has 1 aliphatic heterocycles. The summed E-state index contributed by atoms with van der Waals surface area (Å²) in [7, 11) is 0.